The monoisotopic (exact) mass is 402 g/mol. The van der Waals surface area contributed by atoms with Crippen LogP contribution in [0.1, 0.15) is 142 Å². The zero-order valence-corrected chi connectivity index (χ0v) is 20.2. The summed E-state index contributed by atoms with van der Waals surface area (Å²) in [5.41, 5.74) is 2.49. The Morgan fingerprint density at radius 1 is 0.621 bits per heavy atom. The number of aryl methyl sites for hydroxylation is 1. The molecule has 1 rings (SSSR count). The van der Waals surface area contributed by atoms with Gasteiger partial charge in [-0.15, -0.1) is 0 Å². The molecule has 29 heavy (non-hydrogen) atoms. The van der Waals surface area contributed by atoms with E-state index in [2.05, 4.69) is 33.8 Å². The summed E-state index contributed by atoms with van der Waals surface area (Å²) in [4.78, 5) is 0. The van der Waals surface area contributed by atoms with Crippen LogP contribution in [-0.4, -0.2) is 5.11 Å². The lowest BCUT2D eigenvalue weighted by molar-refractivity contribution is 0.443. The molecular formula is C28H50O. The number of phenolic OH excluding ortho intramolecular Hbond substituents is 1. The molecule has 0 saturated heterocycles. The number of rotatable bonds is 17. The highest BCUT2D eigenvalue weighted by Crippen LogP contribution is 2.34. The van der Waals surface area contributed by atoms with Gasteiger partial charge in [0.2, 0.25) is 0 Å². The molecule has 0 bridgehead atoms. The van der Waals surface area contributed by atoms with Crippen LogP contribution in [0.25, 0.3) is 0 Å². The van der Waals surface area contributed by atoms with Crippen molar-refractivity contribution in [2.45, 2.75) is 142 Å². The molecular weight excluding hydrogens is 352 g/mol. The molecule has 0 aliphatic rings. The van der Waals surface area contributed by atoms with Crippen LogP contribution in [0.15, 0.2) is 18.2 Å². The Hall–Kier alpha value is -0.980. The summed E-state index contributed by atoms with van der Waals surface area (Å²) >= 11 is 0. The van der Waals surface area contributed by atoms with Crippen molar-refractivity contribution in [3.05, 3.63) is 29.3 Å². The summed E-state index contributed by atoms with van der Waals surface area (Å²) in [5, 5.41) is 10.3. The maximum absolute atomic E-state index is 10.3. The van der Waals surface area contributed by atoms with Crippen molar-refractivity contribution >= 4 is 0 Å². The molecule has 0 spiro atoms. The van der Waals surface area contributed by atoms with Crippen molar-refractivity contribution in [2.75, 3.05) is 0 Å². The number of unbranched alkanes of at least 4 members (excludes halogenated alkanes) is 15. The Labute approximate surface area is 182 Å². The molecule has 0 fully saturated rings. The molecule has 0 unspecified atom stereocenters. The maximum atomic E-state index is 10.3. The molecule has 0 aliphatic heterocycles. The van der Waals surface area contributed by atoms with Crippen molar-refractivity contribution in [3.8, 4) is 5.75 Å². The molecule has 1 nitrogen and oxygen atoms in total. The molecule has 0 aromatic heterocycles. The van der Waals surface area contributed by atoms with E-state index in [-0.39, 0.29) is 5.41 Å². The highest BCUT2D eigenvalue weighted by Gasteiger charge is 2.21. The van der Waals surface area contributed by atoms with E-state index in [1.807, 2.05) is 12.1 Å². The fourth-order valence-corrected chi connectivity index (χ4v) is 4.52. The van der Waals surface area contributed by atoms with Gasteiger partial charge in [-0.25, -0.2) is 0 Å². The molecule has 0 amide bonds. The first-order valence-corrected chi connectivity index (χ1v) is 12.8. The molecule has 1 N–H and O–H groups in total. The van der Waals surface area contributed by atoms with Crippen LogP contribution in [0.5, 0.6) is 5.75 Å². The molecule has 0 radical (unpaired) electrons. The van der Waals surface area contributed by atoms with E-state index in [1.54, 1.807) is 0 Å². The number of phenols is 1. The summed E-state index contributed by atoms with van der Waals surface area (Å²) in [5.74, 6) is 0.464. The van der Waals surface area contributed by atoms with Gasteiger partial charge >= 0.3 is 0 Å². The predicted molar refractivity (Wildman–Crippen MR) is 130 cm³/mol. The van der Waals surface area contributed by atoms with Crippen molar-refractivity contribution in [3.63, 3.8) is 0 Å². The van der Waals surface area contributed by atoms with E-state index in [4.69, 9.17) is 0 Å². The molecule has 1 aromatic rings. The van der Waals surface area contributed by atoms with Crippen molar-refractivity contribution in [1.29, 1.82) is 0 Å². The highest BCUT2D eigenvalue weighted by atomic mass is 16.3. The van der Waals surface area contributed by atoms with E-state index in [9.17, 15) is 5.11 Å². The number of hydrogen-bond donors (Lipinski definition) is 1. The zero-order valence-electron chi connectivity index (χ0n) is 20.2. The van der Waals surface area contributed by atoms with Gasteiger partial charge in [-0.1, -0.05) is 136 Å². The second-order valence-corrected chi connectivity index (χ2v) is 10.1. The zero-order chi connectivity index (χ0) is 21.4. The number of aromatic hydroxyl groups is 1. The molecule has 0 heterocycles. The average Bonchev–Trinajstić information content (AvgIpc) is 2.66. The SMILES string of the molecule is CCCCCCCCCCCCCCCCCCc1cccc(O)c1C(C)(C)C. The number of hydrogen-bond acceptors (Lipinski definition) is 1. The lowest BCUT2D eigenvalue weighted by Gasteiger charge is -2.24. The Balaban J connectivity index is 1.97. The average molecular weight is 403 g/mol. The Morgan fingerprint density at radius 3 is 1.45 bits per heavy atom. The topological polar surface area (TPSA) is 20.2 Å². The predicted octanol–water partition coefficient (Wildman–Crippen LogP) is 9.49. The Kier molecular flexibility index (Phi) is 14.2. The quantitative estimate of drug-likeness (QED) is 0.257. The van der Waals surface area contributed by atoms with Crippen molar-refractivity contribution < 1.29 is 5.11 Å². The normalized spacial score (nSPS) is 11.9. The Morgan fingerprint density at radius 2 is 1.03 bits per heavy atom. The Bertz CT molecular complexity index is 512. The third-order valence-electron chi connectivity index (χ3n) is 6.18. The second-order valence-electron chi connectivity index (χ2n) is 10.1. The largest absolute Gasteiger partial charge is 0.508 e. The first-order chi connectivity index (χ1) is 14.0. The maximum Gasteiger partial charge on any atom is 0.119 e. The van der Waals surface area contributed by atoms with Crippen LogP contribution in [0.4, 0.5) is 0 Å². The van der Waals surface area contributed by atoms with Gasteiger partial charge in [0.05, 0.1) is 0 Å². The van der Waals surface area contributed by atoms with Gasteiger partial charge < -0.3 is 5.11 Å². The van der Waals surface area contributed by atoms with Crippen LogP contribution < -0.4 is 0 Å². The van der Waals surface area contributed by atoms with E-state index in [0.717, 1.165) is 12.0 Å². The minimum atomic E-state index is 0.00965. The van der Waals surface area contributed by atoms with Gasteiger partial charge in [-0.05, 0) is 29.9 Å². The van der Waals surface area contributed by atoms with Crippen LogP contribution in [0.3, 0.4) is 0 Å². The van der Waals surface area contributed by atoms with Gasteiger partial charge in [0.25, 0.3) is 0 Å². The van der Waals surface area contributed by atoms with Crippen LogP contribution in [-0.2, 0) is 11.8 Å². The minimum Gasteiger partial charge on any atom is -0.508 e. The van der Waals surface area contributed by atoms with E-state index >= 15 is 0 Å². The van der Waals surface area contributed by atoms with E-state index < -0.39 is 0 Å². The molecule has 168 valence electrons. The highest BCUT2D eigenvalue weighted by molar-refractivity contribution is 5.43. The molecule has 0 atom stereocenters. The fraction of sp³-hybridized carbons (Fsp3) is 0.786. The summed E-state index contributed by atoms with van der Waals surface area (Å²) in [6.07, 6.45) is 23.6. The summed E-state index contributed by atoms with van der Waals surface area (Å²) in [7, 11) is 0. The molecule has 1 heteroatoms. The van der Waals surface area contributed by atoms with Crippen LogP contribution in [0, 0.1) is 0 Å². The summed E-state index contributed by atoms with van der Waals surface area (Å²) in [6.45, 7) is 8.87. The minimum absolute atomic E-state index is 0.00965. The standard InChI is InChI=1S/C28H50O/c1-5-6-7-8-9-10-11-12-13-14-15-16-17-18-19-20-22-25-23-21-24-26(29)27(25)28(2,3)4/h21,23-24,29H,5-20,22H2,1-4H3. The lowest BCUT2D eigenvalue weighted by atomic mass is 9.81. The molecule has 0 aliphatic carbocycles. The van der Waals surface area contributed by atoms with Gasteiger partial charge in [0.1, 0.15) is 5.75 Å². The van der Waals surface area contributed by atoms with Gasteiger partial charge in [0.15, 0.2) is 0 Å². The van der Waals surface area contributed by atoms with Crippen LogP contribution in [0.2, 0.25) is 0 Å². The van der Waals surface area contributed by atoms with Crippen molar-refractivity contribution in [1.82, 2.24) is 0 Å². The summed E-state index contributed by atoms with van der Waals surface area (Å²) in [6, 6.07) is 6.02. The van der Waals surface area contributed by atoms with Crippen molar-refractivity contribution in [2.24, 2.45) is 0 Å². The smallest absolute Gasteiger partial charge is 0.119 e. The molecule has 1 aromatic carbocycles. The molecule has 0 saturated carbocycles. The van der Waals surface area contributed by atoms with Gasteiger partial charge in [-0.3, -0.25) is 0 Å². The third-order valence-corrected chi connectivity index (χ3v) is 6.18. The van der Waals surface area contributed by atoms with E-state index in [0.29, 0.717) is 5.75 Å². The second kappa shape index (κ2) is 15.8. The lowest BCUT2D eigenvalue weighted by Crippen LogP contribution is -2.14. The van der Waals surface area contributed by atoms with Gasteiger partial charge in [-0.2, -0.15) is 0 Å². The third kappa shape index (κ3) is 12.3. The van der Waals surface area contributed by atoms with Gasteiger partial charge in [0, 0.05) is 5.56 Å². The number of benzene rings is 1. The first kappa shape index (κ1) is 26.1. The first-order valence-electron chi connectivity index (χ1n) is 12.8. The van der Waals surface area contributed by atoms with Crippen LogP contribution >= 0.6 is 0 Å². The summed E-state index contributed by atoms with van der Waals surface area (Å²) < 4.78 is 0. The fourth-order valence-electron chi connectivity index (χ4n) is 4.52. The van der Waals surface area contributed by atoms with E-state index in [1.165, 1.54) is 108 Å².